The predicted molar refractivity (Wildman–Crippen MR) is 80.1 cm³/mol. The van der Waals surface area contributed by atoms with Crippen molar-refractivity contribution in [3.63, 3.8) is 0 Å². The molecule has 0 aliphatic heterocycles. The molecule has 0 unspecified atom stereocenters. The molecule has 2 aromatic rings. The van der Waals surface area contributed by atoms with E-state index in [1.165, 1.54) is 0 Å². The number of benzene rings is 1. The second-order valence-corrected chi connectivity index (χ2v) is 4.91. The van der Waals surface area contributed by atoms with Gasteiger partial charge in [-0.15, -0.1) is 0 Å². The normalized spacial score (nSPS) is 13.9. The van der Waals surface area contributed by atoms with Crippen molar-refractivity contribution in [2.75, 3.05) is 6.54 Å². The minimum Gasteiger partial charge on any atom is -0.390 e. The van der Waals surface area contributed by atoms with Crippen LogP contribution in [0.25, 0.3) is 0 Å². The predicted octanol–water partition coefficient (Wildman–Crippen LogP) is 1.10. The Morgan fingerprint density at radius 1 is 1.05 bits per heavy atom. The van der Waals surface area contributed by atoms with Gasteiger partial charge >= 0.3 is 0 Å². The average Bonchev–Trinajstić information content (AvgIpc) is 2.49. The molecule has 1 heterocycles. The highest BCUT2D eigenvalue weighted by Crippen LogP contribution is 2.04. The third kappa shape index (κ3) is 4.74. The third-order valence-electron chi connectivity index (χ3n) is 3.24. The van der Waals surface area contributed by atoms with Gasteiger partial charge in [0, 0.05) is 31.5 Å². The number of pyridine rings is 1. The van der Waals surface area contributed by atoms with E-state index in [2.05, 4.69) is 10.3 Å². The zero-order chi connectivity index (χ0) is 14.2. The summed E-state index contributed by atoms with van der Waals surface area (Å²) in [5, 5.41) is 13.3. The number of nitrogens with two attached hydrogens (primary N) is 1. The summed E-state index contributed by atoms with van der Waals surface area (Å²) >= 11 is 0. The Bertz CT molecular complexity index is 490. The molecule has 0 saturated carbocycles. The second-order valence-electron chi connectivity index (χ2n) is 4.91. The molecule has 0 spiro atoms. The highest BCUT2D eigenvalue weighted by Gasteiger charge is 2.14. The van der Waals surface area contributed by atoms with E-state index in [4.69, 9.17) is 5.73 Å². The number of hydrogen-bond acceptors (Lipinski definition) is 4. The maximum absolute atomic E-state index is 10.1. The van der Waals surface area contributed by atoms with Gasteiger partial charge in [-0.2, -0.15) is 0 Å². The highest BCUT2D eigenvalue weighted by atomic mass is 16.3. The van der Waals surface area contributed by atoms with E-state index in [0.717, 1.165) is 11.1 Å². The van der Waals surface area contributed by atoms with Crippen molar-refractivity contribution in [2.24, 2.45) is 5.73 Å². The van der Waals surface area contributed by atoms with Gasteiger partial charge in [0.15, 0.2) is 0 Å². The van der Waals surface area contributed by atoms with Crippen molar-refractivity contribution >= 4 is 0 Å². The Labute approximate surface area is 119 Å². The molecule has 0 aliphatic carbocycles. The number of nitrogens with one attached hydrogen (secondary N) is 1. The van der Waals surface area contributed by atoms with Crippen LogP contribution in [0.3, 0.4) is 0 Å². The van der Waals surface area contributed by atoms with Gasteiger partial charge in [-0.25, -0.2) is 0 Å². The number of aliphatic hydroxyl groups is 1. The van der Waals surface area contributed by atoms with Crippen molar-refractivity contribution in [3.8, 4) is 0 Å². The Morgan fingerprint density at radius 2 is 1.75 bits per heavy atom. The number of aromatic nitrogens is 1. The molecule has 4 N–H and O–H groups in total. The van der Waals surface area contributed by atoms with Gasteiger partial charge in [-0.05, 0) is 29.7 Å². The number of nitrogens with zero attached hydrogens (tertiary/aromatic N) is 1. The summed E-state index contributed by atoms with van der Waals surface area (Å²) in [5.74, 6) is 0. The summed E-state index contributed by atoms with van der Waals surface area (Å²) in [5.41, 5.74) is 8.32. The quantitative estimate of drug-likeness (QED) is 0.705. The fourth-order valence-electron chi connectivity index (χ4n) is 2.04. The van der Waals surface area contributed by atoms with E-state index in [1.54, 1.807) is 12.4 Å². The molecule has 0 amide bonds. The number of aliphatic hydroxyl groups excluding tert-OH is 1. The minimum absolute atomic E-state index is 0.262. The van der Waals surface area contributed by atoms with Crippen LogP contribution in [0.4, 0.5) is 0 Å². The largest absolute Gasteiger partial charge is 0.390 e. The lowest BCUT2D eigenvalue weighted by Crippen LogP contribution is -2.42. The smallest absolute Gasteiger partial charge is 0.0818 e. The van der Waals surface area contributed by atoms with E-state index in [0.29, 0.717) is 19.5 Å². The first-order valence-electron chi connectivity index (χ1n) is 6.83. The van der Waals surface area contributed by atoms with Gasteiger partial charge in [-0.3, -0.25) is 4.98 Å². The summed E-state index contributed by atoms with van der Waals surface area (Å²) in [7, 11) is 0. The van der Waals surface area contributed by atoms with Crippen LogP contribution in [0.15, 0.2) is 54.9 Å². The first-order chi connectivity index (χ1) is 9.75. The topological polar surface area (TPSA) is 71.2 Å². The van der Waals surface area contributed by atoms with E-state index in [1.807, 2.05) is 42.5 Å². The molecule has 0 radical (unpaired) electrons. The molecule has 20 heavy (non-hydrogen) atoms. The standard InChI is InChI=1S/C16H21N3O/c17-15(10-13-4-2-1-3-5-13)16(20)12-19-11-14-6-8-18-9-7-14/h1-9,15-16,19-20H,10-12,17H2/t15-,16+/m0/s1. The molecule has 4 heteroatoms. The lowest BCUT2D eigenvalue weighted by Gasteiger charge is -2.19. The van der Waals surface area contributed by atoms with Gasteiger partial charge in [0.25, 0.3) is 0 Å². The van der Waals surface area contributed by atoms with Crippen LogP contribution in [-0.2, 0) is 13.0 Å². The monoisotopic (exact) mass is 271 g/mol. The van der Waals surface area contributed by atoms with Crippen LogP contribution in [-0.4, -0.2) is 28.8 Å². The molecule has 2 atom stereocenters. The van der Waals surface area contributed by atoms with Crippen LogP contribution in [0.5, 0.6) is 0 Å². The second kappa shape index (κ2) is 7.75. The van der Waals surface area contributed by atoms with Crippen LogP contribution >= 0.6 is 0 Å². The Balaban J connectivity index is 1.73. The summed E-state index contributed by atoms with van der Waals surface area (Å²) in [4.78, 5) is 3.97. The molecule has 0 bridgehead atoms. The maximum Gasteiger partial charge on any atom is 0.0818 e. The molecule has 2 rings (SSSR count). The lowest BCUT2D eigenvalue weighted by atomic mass is 10.0. The van der Waals surface area contributed by atoms with Crippen LogP contribution in [0.1, 0.15) is 11.1 Å². The van der Waals surface area contributed by atoms with Gasteiger partial charge < -0.3 is 16.2 Å². The SMILES string of the molecule is N[C@@H](Cc1ccccc1)[C@H](O)CNCc1ccncc1. The lowest BCUT2D eigenvalue weighted by molar-refractivity contribution is 0.141. The Morgan fingerprint density at radius 3 is 2.45 bits per heavy atom. The molecule has 0 fully saturated rings. The molecule has 0 aliphatic rings. The van der Waals surface area contributed by atoms with Crippen molar-refractivity contribution in [3.05, 3.63) is 66.0 Å². The van der Waals surface area contributed by atoms with Crippen LogP contribution in [0.2, 0.25) is 0 Å². The molecule has 106 valence electrons. The van der Waals surface area contributed by atoms with Crippen LogP contribution < -0.4 is 11.1 Å². The first kappa shape index (κ1) is 14.7. The third-order valence-corrected chi connectivity index (χ3v) is 3.24. The fourth-order valence-corrected chi connectivity index (χ4v) is 2.04. The summed E-state index contributed by atoms with van der Waals surface area (Å²) in [6.07, 6.45) is 3.64. The van der Waals surface area contributed by atoms with E-state index in [-0.39, 0.29) is 6.04 Å². The van der Waals surface area contributed by atoms with E-state index in [9.17, 15) is 5.11 Å². The molecule has 4 nitrogen and oxygen atoms in total. The van der Waals surface area contributed by atoms with Gasteiger partial charge in [-0.1, -0.05) is 30.3 Å². The van der Waals surface area contributed by atoms with Crippen molar-refractivity contribution < 1.29 is 5.11 Å². The molecule has 1 aromatic carbocycles. The minimum atomic E-state index is -0.558. The average molecular weight is 271 g/mol. The molecular weight excluding hydrogens is 250 g/mol. The fraction of sp³-hybridized carbons (Fsp3) is 0.312. The van der Waals surface area contributed by atoms with Crippen molar-refractivity contribution in [2.45, 2.75) is 25.1 Å². The molecule has 1 aromatic heterocycles. The van der Waals surface area contributed by atoms with Gasteiger partial charge in [0.05, 0.1) is 6.10 Å². The Hall–Kier alpha value is -1.75. The first-order valence-corrected chi connectivity index (χ1v) is 6.83. The number of rotatable bonds is 7. The van der Waals surface area contributed by atoms with E-state index < -0.39 is 6.10 Å². The highest BCUT2D eigenvalue weighted by molar-refractivity contribution is 5.16. The van der Waals surface area contributed by atoms with Crippen molar-refractivity contribution in [1.29, 1.82) is 0 Å². The van der Waals surface area contributed by atoms with E-state index >= 15 is 0 Å². The van der Waals surface area contributed by atoms with Crippen LogP contribution in [0, 0.1) is 0 Å². The van der Waals surface area contributed by atoms with Crippen molar-refractivity contribution in [1.82, 2.24) is 10.3 Å². The van der Waals surface area contributed by atoms with Gasteiger partial charge in [0.2, 0.25) is 0 Å². The molecular formula is C16H21N3O. The Kier molecular flexibility index (Phi) is 5.68. The number of hydrogen-bond donors (Lipinski definition) is 3. The summed E-state index contributed by atoms with van der Waals surface area (Å²) in [6.45, 7) is 1.19. The zero-order valence-corrected chi connectivity index (χ0v) is 11.4. The maximum atomic E-state index is 10.1. The zero-order valence-electron chi connectivity index (χ0n) is 11.4. The van der Waals surface area contributed by atoms with Gasteiger partial charge in [0.1, 0.15) is 0 Å². The summed E-state index contributed by atoms with van der Waals surface area (Å²) in [6, 6.07) is 13.6. The molecule has 0 saturated heterocycles. The summed E-state index contributed by atoms with van der Waals surface area (Å²) < 4.78 is 0.